The van der Waals surface area contributed by atoms with Gasteiger partial charge < -0.3 is 4.40 Å². The summed E-state index contributed by atoms with van der Waals surface area (Å²) in [4.78, 5) is 6.96. The number of hydrogen-bond acceptors (Lipinski definition) is 4. The van der Waals surface area contributed by atoms with Crippen LogP contribution in [0.15, 0.2) is 24.4 Å². The van der Waals surface area contributed by atoms with Gasteiger partial charge in [-0.05, 0) is 44.5 Å². The molecule has 5 nitrogen and oxygen atoms in total. The molecule has 0 spiro atoms. The molecule has 0 fully saturated rings. The van der Waals surface area contributed by atoms with E-state index in [0.29, 0.717) is 0 Å². The van der Waals surface area contributed by atoms with Crippen LogP contribution in [-0.2, 0) is 0 Å². The second-order valence-electron chi connectivity index (χ2n) is 5.69. The van der Waals surface area contributed by atoms with Crippen molar-refractivity contribution in [1.29, 1.82) is 0 Å². The van der Waals surface area contributed by atoms with E-state index in [4.69, 9.17) is 4.98 Å². The Morgan fingerprint density at radius 2 is 2.00 bits per heavy atom. The molecule has 0 radical (unpaired) electrons. The summed E-state index contributed by atoms with van der Waals surface area (Å²) in [5.41, 5.74) is 5.48. The fourth-order valence-electron chi connectivity index (χ4n) is 3.32. The molecule has 0 bridgehead atoms. The maximum absolute atomic E-state index is 4.74. The van der Waals surface area contributed by atoms with E-state index in [-0.39, 0.29) is 0 Å². The highest BCUT2D eigenvalue weighted by atomic mass is 32.1. The molecule has 108 valence electrons. The minimum absolute atomic E-state index is 0.899. The van der Waals surface area contributed by atoms with Crippen molar-refractivity contribution < 1.29 is 0 Å². The molecule has 0 aliphatic heterocycles. The minimum atomic E-state index is 0.899. The lowest BCUT2D eigenvalue weighted by Gasteiger charge is -2.05. The van der Waals surface area contributed by atoms with Gasteiger partial charge in [-0.25, -0.2) is 4.98 Å². The van der Waals surface area contributed by atoms with Gasteiger partial charge in [-0.2, -0.15) is 0 Å². The van der Waals surface area contributed by atoms with Crippen molar-refractivity contribution in [2.24, 2.45) is 0 Å². The summed E-state index contributed by atoms with van der Waals surface area (Å²) < 4.78 is 4.35. The summed E-state index contributed by atoms with van der Waals surface area (Å²) in [6.45, 7) is 6.19. The first-order chi connectivity index (χ1) is 10.6. The Hall–Kier alpha value is -2.47. The molecule has 22 heavy (non-hydrogen) atoms. The highest BCUT2D eigenvalue weighted by Gasteiger charge is 2.18. The molecule has 6 heteroatoms. The van der Waals surface area contributed by atoms with Crippen molar-refractivity contribution in [3.8, 4) is 0 Å². The van der Waals surface area contributed by atoms with Crippen molar-refractivity contribution in [2.45, 2.75) is 20.8 Å². The fraction of sp³-hybridized carbons (Fsp3) is 0.188. The van der Waals surface area contributed by atoms with Crippen LogP contribution in [0.25, 0.3) is 31.7 Å². The molecule has 0 aromatic carbocycles. The van der Waals surface area contributed by atoms with Gasteiger partial charge >= 0.3 is 0 Å². The minimum Gasteiger partial charge on any atom is -0.310 e. The molecule has 0 amide bonds. The Kier molecular flexibility index (Phi) is 2.11. The molecule has 0 saturated carbocycles. The van der Waals surface area contributed by atoms with Crippen molar-refractivity contribution in [2.75, 3.05) is 0 Å². The third-order valence-electron chi connectivity index (χ3n) is 4.19. The molecule has 5 aromatic rings. The standard InChI is InChI=1S/C16H13N5S/c1-8-7-9(2)17-15-12(8)13-16(22-15)21-10(3)18-19-14(21)11-5-4-6-20(11)13/h4-7H,1-3H3. The molecule has 5 aromatic heterocycles. The highest BCUT2D eigenvalue weighted by Crippen LogP contribution is 2.36. The van der Waals surface area contributed by atoms with Crippen LogP contribution in [0, 0.1) is 20.8 Å². The number of aromatic nitrogens is 5. The van der Waals surface area contributed by atoms with Crippen LogP contribution < -0.4 is 0 Å². The van der Waals surface area contributed by atoms with E-state index in [9.17, 15) is 0 Å². The van der Waals surface area contributed by atoms with Gasteiger partial charge in [0.25, 0.3) is 0 Å². The molecule has 5 heterocycles. The summed E-state index contributed by atoms with van der Waals surface area (Å²) in [5, 5.41) is 9.85. The van der Waals surface area contributed by atoms with Gasteiger partial charge in [0.2, 0.25) is 0 Å². The average molecular weight is 307 g/mol. The van der Waals surface area contributed by atoms with Gasteiger partial charge in [-0.3, -0.25) is 4.40 Å². The van der Waals surface area contributed by atoms with E-state index in [0.717, 1.165) is 32.3 Å². The van der Waals surface area contributed by atoms with Crippen LogP contribution in [0.2, 0.25) is 0 Å². The third kappa shape index (κ3) is 1.31. The van der Waals surface area contributed by atoms with E-state index < -0.39 is 0 Å². The lowest BCUT2D eigenvalue weighted by molar-refractivity contribution is 1.02. The van der Waals surface area contributed by atoms with Crippen molar-refractivity contribution in [3.05, 3.63) is 41.5 Å². The summed E-state index contributed by atoms with van der Waals surface area (Å²) in [5.74, 6) is 0.907. The topological polar surface area (TPSA) is 47.5 Å². The van der Waals surface area contributed by atoms with Crippen LogP contribution in [0.5, 0.6) is 0 Å². The SMILES string of the molecule is Cc1cc(C)c2c(n1)sc1c2n2cccc2c2nnc(C)n21. The summed E-state index contributed by atoms with van der Waals surface area (Å²) in [6, 6.07) is 6.29. The number of thiophene rings is 1. The van der Waals surface area contributed by atoms with Crippen LogP contribution in [0.1, 0.15) is 17.1 Å². The van der Waals surface area contributed by atoms with Gasteiger partial charge in [0, 0.05) is 17.3 Å². The average Bonchev–Trinajstić information content (AvgIpc) is 3.13. The van der Waals surface area contributed by atoms with Crippen molar-refractivity contribution >= 4 is 43.1 Å². The van der Waals surface area contributed by atoms with Gasteiger partial charge in [0.15, 0.2) is 5.65 Å². The number of hydrogen-bond donors (Lipinski definition) is 0. The predicted molar refractivity (Wildman–Crippen MR) is 88.8 cm³/mol. The van der Waals surface area contributed by atoms with Crippen molar-refractivity contribution in [3.63, 3.8) is 0 Å². The Balaban J connectivity index is 2.24. The Morgan fingerprint density at radius 1 is 1.14 bits per heavy atom. The Morgan fingerprint density at radius 3 is 2.86 bits per heavy atom. The zero-order valence-corrected chi connectivity index (χ0v) is 13.3. The molecule has 0 unspecified atom stereocenters. The second kappa shape index (κ2) is 3.84. The van der Waals surface area contributed by atoms with E-state index in [2.05, 4.69) is 50.3 Å². The second-order valence-corrected chi connectivity index (χ2v) is 6.66. The van der Waals surface area contributed by atoms with E-state index in [1.54, 1.807) is 11.3 Å². The van der Waals surface area contributed by atoms with Gasteiger partial charge in [0.05, 0.1) is 11.0 Å². The van der Waals surface area contributed by atoms with E-state index >= 15 is 0 Å². The molecular formula is C16H13N5S. The maximum atomic E-state index is 4.74. The molecular weight excluding hydrogens is 294 g/mol. The van der Waals surface area contributed by atoms with Crippen molar-refractivity contribution in [1.82, 2.24) is 24.0 Å². The van der Waals surface area contributed by atoms with Crippen LogP contribution >= 0.6 is 11.3 Å². The number of rotatable bonds is 0. The highest BCUT2D eigenvalue weighted by molar-refractivity contribution is 7.25. The van der Waals surface area contributed by atoms with Crippen LogP contribution in [0.3, 0.4) is 0 Å². The summed E-state index contributed by atoms with van der Waals surface area (Å²) >= 11 is 1.71. The first-order valence-electron chi connectivity index (χ1n) is 7.16. The smallest absolute Gasteiger partial charge is 0.186 e. The zero-order chi connectivity index (χ0) is 15.0. The normalized spacial score (nSPS) is 12.3. The molecule has 0 N–H and O–H groups in total. The van der Waals surface area contributed by atoms with Gasteiger partial charge in [0.1, 0.15) is 15.5 Å². The van der Waals surface area contributed by atoms with Crippen LogP contribution in [0.4, 0.5) is 0 Å². The summed E-state index contributed by atoms with van der Waals surface area (Å²) in [6.07, 6.45) is 2.09. The lowest BCUT2D eigenvalue weighted by atomic mass is 10.1. The fourth-order valence-corrected chi connectivity index (χ4v) is 4.66. The number of nitrogens with zero attached hydrogens (tertiary/aromatic N) is 5. The monoisotopic (exact) mass is 307 g/mol. The molecule has 0 saturated heterocycles. The number of aryl methyl sites for hydroxylation is 3. The lowest BCUT2D eigenvalue weighted by Crippen LogP contribution is -1.95. The molecule has 0 atom stereocenters. The Bertz CT molecular complexity index is 1210. The van der Waals surface area contributed by atoms with Gasteiger partial charge in [-0.15, -0.1) is 10.2 Å². The molecule has 5 rings (SSSR count). The van der Waals surface area contributed by atoms with Gasteiger partial charge in [-0.1, -0.05) is 11.3 Å². The zero-order valence-electron chi connectivity index (χ0n) is 12.5. The predicted octanol–water partition coefficient (Wildman–Crippen LogP) is 3.67. The Labute approximate surface area is 129 Å². The summed E-state index contributed by atoms with van der Waals surface area (Å²) in [7, 11) is 0. The first kappa shape index (κ1) is 12.1. The van der Waals surface area contributed by atoms with E-state index in [1.807, 2.05) is 13.8 Å². The largest absolute Gasteiger partial charge is 0.310 e. The first-order valence-corrected chi connectivity index (χ1v) is 7.98. The molecule has 0 aliphatic carbocycles. The number of fused-ring (bicyclic) bond motifs is 8. The number of pyridine rings is 1. The molecule has 0 aliphatic rings. The van der Waals surface area contributed by atoms with Crippen LogP contribution in [-0.4, -0.2) is 24.0 Å². The van der Waals surface area contributed by atoms with E-state index in [1.165, 1.54) is 16.5 Å². The quantitative estimate of drug-likeness (QED) is 0.438. The third-order valence-corrected chi connectivity index (χ3v) is 5.25. The maximum Gasteiger partial charge on any atom is 0.186 e.